The fraction of sp³-hybridized carbons (Fsp3) is 0.125. The van der Waals surface area contributed by atoms with E-state index in [2.05, 4.69) is 0 Å². The number of nitrogens with zero attached hydrogens (tertiary/aromatic N) is 1. The highest BCUT2D eigenvalue weighted by Crippen LogP contribution is 2.30. The number of carbonyl (C=O) groups excluding carboxylic acids is 1. The summed E-state index contributed by atoms with van der Waals surface area (Å²) in [5.41, 5.74) is 1.79. The van der Waals surface area contributed by atoms with Gasteiger partial charge in [-0.3, -0.25) is 9.59 Å². The molecule has 4 nitrogen and oxygen atoms in total. The van der Waals surface area contributed by atoms with E-state index in [0.717, 1.165) is 12.1 Å². The van der Waals surface area contributed by atoms with Gasteiger partial charge in [0.2, 0.25) is 0 Å². The molecule has 0 saturated carbocycles. The molecule has 0 unspecified atom stereocenters. The SMILES string of the molecule is O=C(O)CN1Cc2cc(-c3ccc(F)cc3F)ccc2C1=O. The monoisotopic (exact) mass is 303 g/mol. The lowest BCUT2D eigenvalue weighted by Crippen LogP contribution is -2.29. The molecule has 0 saturated heterocycles. The number of halogens is 2. The highest BCUT2D eigenvalue weighted by molar-refractivity contribution is 6.00. The van der Waals surface area contributed by atoms with Crippen LogP contribution in [-0.4, -0.2) is 28.4 Å². The Morgan fingerprint density at radius 2 is 1.86 bits per heavy atom. The third kappa shape index (κ3) is 2.43. The zero-order valence-electron chi connectivity index (χ0n) is 11.3. The van der Waals surface area contributed by atoms with Crippen LogP contribution in [0, 0.1) is 11.6 Å². The normalized spacial score (nSPS) is 13.4. The number of carboxylic acids is 1. The molecule has 1 heterocycles. The van der Waals surface area contributed by atoms with Crippen molar-refractivity contribution in [2.45, 2.75) is 6.54 Å². The molecule has 1 aliphatic rings. The smallest absolute Gasteiger partial charge is 0.323 e. The van der Waals surface area contributed by atoms with Crippen LogP contribution in [0.15, 0.2) is 36.4 Å². The molecule has 1 amide bonds. The molecule has 22 heavy (non-hydrogen) atoms. The molecule has 112 valence electrons. The van der Waals surface area contributed by atoms with E-state index in [4.69, 9.17) is 5.11 Å². The van der Waals surface area contributed by atoms with Gasteiger partial charge in [-0.15, -0.1) is 0 Å². The van der Waals surface area contributed by atoms with E-state index in [0.29, 0.717) is 16.7 Å². The molecule has 2 aromatic rings. The molecule has 0 aliphatic carbocycles. The van der Waals surface area contributed by atoms with Crippen LogP contribution in [0.3, 0.4) is 0 Å². The van der Waals surface area contributed by atoms with Gasteiger partial charge in [0.05, 0.1) is 0 Å². The summed E-state index contributed by atoms with van der Waals surface area (Å²) in [4.78, 5) is 24.0. The van der Waals surface area contributed by atoms with Crippen molar-refractivity contribution in [2.75, 3.05) is 6.54 Å². The Hall–Kier alpha value is -2.76. The minimum atomic E-state index is -1.09. The Morgan fingerprint density at radius 1 is 1.14 bits per heavy atom. The van der Waals surface area contributed by atoms with Crippen LogP contribution in [-0.2, 0) is 11.3 Å². The average molecular weight is 303 g/mol. The molecule has 0 fully saturated rings. The summed E-state index contributed by atoms with van der Waals surface area (Å²) >= 11 is 0. The van der Waals surface area contributed by atoms with Crippen molar-refractivity contribution in [1.29, 1.82) is 0 Å². The molecule has 0 atom stereocenters. The molecule has 1 N–H and O–H groups in total. The summed E-state index contributed by atoms with van der Waals surface area (Å²) < 4.78 is 26.8. The van der Waals surface area contributed by atoms with Gasteiger partial charge in [-0.25, -0.2) is 8.78 Å². The zero-order valence-corrected chi connectivity index (χ0v) is 11.3. The van der Waals surface area contributed by atoms with Gasteiger partial charge in [-0.1, -0.05) is 6.07 Å². The lowest BCUT2D eigenvalue weighted by atomic mass is 10.00. The predicted molar refractivity (Wildman–Crippen MR) is 74.2 cm³/mol. The Bertz CT molecular complexity index is 789. The van der Waals surface area contributed by atoms with E-state index in [-0.39, 0.29) is 24.6 Å². The van der Waals surface area contributed by atoms with Crippen LogP contribution in [0.4, 0.5) is 8.78 Å². The van der Waals surface area contributed by atoms with E-state index in [1.807, 2.05) is 0 Å². The summed E-state index contributed by atoms with van der Waals surface area (Å²) in [6, 6.07) is 8.02. The molecule has 2 aromatic carbocycles. The Balaban J connectivity index is 1.97. The first-order chi connectivity index (χ1) is 10.5. The van der Waals surface area contributed by atoms with Gasteiger partial charge in [-0.05, 0) is 35.4 Å². The quantitative estimate of drug-likeness (QED) is 0.948. The molecule has 6 heteroatoms. The van der Waals surface area contributed by atoms with Crippen LogP contribution in [0.5, 0.6) is 0 Å². The summed E-state index contributed by atoms with van der Waals surface area (Å²) in [6.45, 7) is -0.217. The van der Waals surface area contributed by atoms with E-state index >= 15 is 0 Å². The maximum atomic E-state index is 13.8. The second-order valence-electron chi connectivity index (χ2n) is 5.05. The summed E-state index contributed by atoms with van der Waals surface area (Å²) in [7, 11) is 0. The van der Waals surface area contributed by atoms with Gasteiger partial charge in [0, 0.05) is 23.7 Å². The number of aliphatic carboxylic acids is 1. The largest absolute Gasteiger partial charge is 0.480 e. The standard InChI is InChI=1S/C16H11F2NO3/c17-11-2-4-12(14(18)6-11)9-1-3-13-10(5-9)7-19(16(13)22)8-15(20)21/h1-6H,7-8H2,(H,20,21). The number of benzene rings is 2. The maximum Gasteiger partial charge on any atom is 0.323 e. The third-order valence-corrected chi connectivity index (χ3v) is 3.55. The first kappa shape index (κ1) is 14.2. The van der Waals surface area contributed by atoms with Crippen molar-refractivity contribution in [1.82, 2.24) is 4.90 Å². The summed E-state index contributed by atoms with van der Waals surface area (Å²) in [5.74, 6) is -2.80. The number of carbonyl (C=O) groups is 2. The second kappa shape index (κ2) is 5.22. The van der Waals surface area contributed by atoms with Gasteiger partial charge in [-0.2, -0.15) is 0 Å². The van der Waals surface area contributed by atoms with Crippen LogP contribution in [0.1, 0.15) is 15.9 Å². The number of fused-ring (bicyclic) bond motifs is 1. The van der Waals surface area contributed by atoms with Crippen LogP contribution < -0.4 is 0 Å². The Morgan fingerprint density at radius 3 is 2.55 bits per heavy atom. The minimum absolute atomic E-state index is 0.164. The number of carboxylic acid groups (broad SMARTS) is 1. The lowest BCUT2D eigenvalue weighted by molar-refractivity contribution is -0.137. The first-order valence-electron chi connectivity index (χ1n) is 6.55. The van der Waals surface area contributed by atoms with Crippen molar-refractivity contribution in [3.63, 3.8) is 0 Å². The van der Waals surface area contributed by atoms with Gasteiger partial charge in [0.1, 0.15) is 18.2 Å². The highest BCUT2D eigenvalue weighted by Gasteiger charge is 2.29. The van der Waals surface area contributed by atoms with Gasteiger partial charge >= 0.3 is 5.97 Å². The van der Waals surface area contributed by atoms with Gasteiger partial charge in [0.15, 0.2) is 0 Å². The summed E-state index contributed by atoms with van der Waals surface area (Å²) in [5, 5.41) is 8.79. The van der Waals surface area contributed by atoms with Crippen LogP contribution >= 0.6 is 0 Å². The zero-order chi connectivity index (χ0) is 15.9. The van der Waals surface area contributed by atoms with Crippen molar-refractivity contribution < 1.29 is 23.5 Å². The molecule has 0 bridgehead atoms. The van der Waals surface area contributed by atoms with E-state index in [9.17, 15) is 18.4 Å². The van der Waals surface area contributed by atoms with Crippen molar-refractivity contribution in [3.05, 3.63) is 59.2 Å². The average Bonchev–Trinajstić information content (AvgIpc) is 2.74. The Labute approximate surface area is 124 Å². The molecule has 0 aromatic heterocycles. The fourth-order valence-corrected chi connectivity index (χ4v) is 2.56. The van der Waals surface area contributed by atoms with E-state index in [1.54, 1.807) is 12.1 Å². The minimum Gasteiger partial charge on any atom is -0.480 e. The first-order valence-corrected chi connectivity index (χ1v) is 6.55. The third-order valence-electron chi connectivity index (χ3n) is 3.55. The maximum absolute atomic E-state index is 13.8. The number of hydrogen-bond donors (Lipinski definition) is 1. The predicted octanol–water partition coefficient (Wildman–Crippen LogP) is 2.67. The van der Waals surface area contributed by atoms with Crippen molar-refractivity contribution in [2.24, 2.45) is 0 Å². The lowest BCUT2D eigenvalue weighted by Gasteiger charge is -2.11. The molecule has 0 spiro atoms. The van der Waals surface area contributed by atoms with Crippen molar-refractivity contribution >= 4 is 11.9 Å². The van der Waals surface area contributed by atoms with Gasteiger partial charge < -0.3 is 10.0 Å². The molecular formula is C16H11F2NO3. The molecule has 1 aliphatic heterocycles. The van der Waals surface area contributed by atoms with E-state index < -0.39 is 17.6 Å². The number of hydrogen-bond acceptors (Lipinski definition) is 2. The molecule has 3 rings (SSSR count). The topological polar surface area (TPSA) is 57.6 Å². The van der Waals surface area contributed by atoms with Crippen LogP contribution in [0.25, 0.3) is 11.1 Å². The fourth-order valence-electron chi connectivity index (χ4n) is 2.56. The second-order valence-corrected chi connectivity index (χ2v) is 5.05. The van der Waals surface area contributed by atoms with Crippen molar-refractivity contribution in [3.8, 4) is 11.1 Å². The number of rotatable bonds is 3. The van der Waals surface area contributed by atoms with E-state index in [1.165, 1.54) is 17.0 Å². The molecule has 0 radical (unpaired) electrons. The number of amides is 1. The highest BCUT2D eigenvalue weighted by atomic mass is 19.1. The Kier molecular flexibility index (Phi) is 3.36. The summed E-state index contributed by atoms with van der Waals surface area (Å²) in [6.07, 6.45) is 0. The van der Waals surface area contributed by atoms with Crippen LogP contribution in [0.2, 0.25) is 0 Å². The molecular weight excluding hydrogens is 292 g/mol. The van der Waals surface area contributed by atoms with Gasteiger partial charge in [0.25, 0.3) is 5.91 Å².